The van der Waals surface area contributed by atoms with Crippen molar-refractivity contribution in [2.45, 2.75) is 13.5 Å². The minimum atomic E-state index is 0.704. The molecule has 3 aromatic rings. The Morgan fingerprint density at radius 3 is 2.07 bits per heavy atom. The lowest BCUT2D eigenvalue weighted by atomic mass is 10.0. The average molecular weight is 373 g/mol. The lowest BCUT2D eigenvalue weighted by molar-refractivity contribution is 0.248. The quantitative estimate of drug-likeness (QED) is 0.600. The predicted octanol–water partition coefficient (Wildman–Crippen LogP) is 5.07. The van der Waals surface area contributed by atoms with Gasteiger partial charge in [-0.2, -0.15) is 0 Å². The molecule has 3 aromatic carbocycles. The minimum Gasteiger partial charge on any atom is -0.492 e. The highest BCUT2D eigenvalue weighted by atomic mass is 16.5. The van der Waals surface area contributed by atoms with E-state index in [1.165, 1.54) is 22.4 Å². The molecule has 0 aliphatic carbocycles. The number of anilines is 1. The van der Waals surface area contributed by atoms with Crippen LogP contribution in [-0.2, 0) is 6.54 Å². The maximum atomic E-state index is 5.81. The van der Waals surface area contributed by atoms with Gasteiger partial charge in [-0.25, -0.2) is 0 Å². The number of ether oxygens (including phenoxy) is 1. The molecule has 1 heterocycles. The van der Waals surface area contributed by atoms with Crippen molar-refractivity contribution in [3.8, 4) is 16.9 Å². The predicted molar refractivity (Wildman–Crippen MR) is 117 cm³/mol. The zero-order valence-corrected chi connectivity index (χ0v) is 16.6. The zero-order valence-electron chi connectivity index (χ0n) is 16.6. The second-order valence-corrected chi connectivity index (χ2v) is 7.23. The second kappa shape index (κ2) is 8.94. The molecule has 0 unspecified atom stereocenters. The first-order valence-electron chi connectivity index (χ1n) is 10.2. The normalized spacial score (nSPS) is 14.8. The maximum absolute atomic E-state index is 5.81. The van der Waals surface area contributed by atoms with Crippen LogP contribution in [0, 0.1) is 0 Å². The smallest absolute Gasteiger partial charge is 0.142 e. The maximum Gasteiger partial charge on any atom is 0.142 e. The third-order valence-corrected chi connectivity index (χ3v) is 5.35. The fourth-order valence-electron chi connectivity index (χ4n) is 3.83. The summed E-state index contributed by atoms with van der Waals surface area (Å²) in [6.45, 7) is 7.96. The van der Waals surface area contributed by atoms with E-state index in [-0.39, 0.29) is 0 Å². The van der Waals surface area contributed by atoms with Gasteiger partial charge in [-0.1, -0.05) is 66.7 Å². The van der Waals surface area contributed by atoms with Crippen LogP contribution in [-0.4, -0.2) is 37.7 Å². The van der Waals surface area contributed by atoms with Crippen molar-refractivity contribution in [1.29, 1.82) is 0 Å². The first kappa shape index (κ1) is 18.6. The molecule has 4 rings (SSSR count). The molecule has 144 valence electrons. The number of rotatable bonds is 6. The van der Waals surface area contributed by atoms with E-state index in [2.05, 4.69) is 82.6 Å². The number of para-hydroxylation sites is 2. The van der Waals surface area contributed by atoms with Crippen molar-refractivity contribution in [3.63, 3.8) is 0 Å². The Bertz CT molecular complexity index is 869. The van der Waals surface area contributed by atoms with E-state index in [0.29, 0.717) is 6.61 Å². The highest BCUT2D eigenvalue weighted by Gasteiger charge is 2.19. The Labute approximate surface area is 168 Å². The van der Waals surface area contributed by atoms with E-state index in [1.807, 2.05) is 13.0 Å². The van der Waals surface area contributed by atoms with Crippen molar-refractivity contribution >= 4 is 5.69 Å². The molecule has 1 saturated heterocycles. The van der Waals surface area contributed by atoms with Crippen molar-refractivity contribution in [2.24, 2.45) is 0 Å². The number of benzene rings is 3. The van der Waals surface area contributed by atoms with Gasteiger partial charge in [0.2, 0.25) is 0 Å². The molecular formula is C25H28N2O. The van der Waals surface area contributed by atoms with Gasteiger partial charge in [-0.15, -0.1) is 0 Å². The monoisotopic (exact) mass is 372 g/mol. The van der Waals surface area contributed by atoms with Crippen LogP contribution in [0.5, 0.6) is 5.75 Å². The van der Waals surface area contributed by atoms with Gasteiger partial charge in [0, 0.05) is 32.7 Å². The van der Waals surface area contributed by atoms with Crippen LogP contribution < -0.4 is 9.64 Å². The summed E-state index contributed by atoms with van der Waals surface area (Å²) in [6.07, 6.45) is 0. The molecule has 1 aliphatic heterocycles. The van der Waals surface area contributed by atoms with Crippen molar-refractivity contribution in [1.82, 2.24) is 4.90 Å². The van der Waals surface area contributed by atoms with Crippen molar-refractivity contribution in [2.75, 3.05) is 37.7 Å². The van der Waals surface area contributed by atoms with E-state index in [0.717, 1.165) is 38.5 Å². The topological polar surface area (TPSA) is 15.7 Å². The van der Waals surface area contributed by atoms with Crippen LogP contribution in [0.4, 0.5) is 5.69 Å². The fraction of sp³-hybridized carbons (Fsp3) is 0.280. The minimum absolute atomic E-state index is 0.704. The third kappa shape index (κ3) is 4.37. The molecule has 0 atom stereocenters. The fourth-order valence-corrected chi connectivity index (χ4v) is 3.83. The number of hydrogen-bond donors (Lipinski definition) is 0. The van der Waals surface area contributed by atoms with Gasteiger partial charge >= 0.3 is 0 Å². The van der Waals surface area contributed by atoms with Gasteiger partial charge < -0.3 is 9.64 Å². The van der Waals surface area contributed by atoms with Crippen LogP contribution in [0.25, 0.3) is 11.1 Å². The van der Waals surface area contributed by atoms with Crippen molar-refractivity contribution < 1.29 is 4.74 Å². The largest absolute Gasteiger partial charge is 0.492 e. The number of piperazine rings is 1. The lowest BCUT2D eigenvalue weighted by Crippen LogP contribution is -2.46. The average Bonchev–Trinajstić information content (AvgIpc) is 2.76. The van der Waals surface area contributed by atoms with Crippen molar-refractivity contribution in [3.05, 3.63) is 84.4 Å². The summed E-state index contributed by atoms with van der Waals surface area (Å²) < 4.78 is 5.81. The molecule has 0 bridgehead atoms. The van der Waals surface area contributed by atoms with E-state index in [9.17, 15) is 0 Å². The summed E-state index contributed by atoms with van der Waals surface area (Å²) >= 11 is 0. The Balaban J connectivity index is 1.35. The molecular weight excluding hydrogens is 344 g/mol. The highest BCUT2D eigenvalue weighted by molar-refractivity contribution is 5.63. The molecule has 0 aromatic heterocycles. The van der Waals surface area contributed by atoms with E-state index in [4.69, 9.17) is 4.74 Å². The van der Waals surface area contributed by atoms with Gasteiger partial charge in [0.15, 0.2) is 0 Å². The molecule has 0 amide bonds. The van der Waals surface area contributed by atoms with Crippen LogP contribution in [0.2, 0.25) is 0 Å². The first-order valence-corrected chi connectivity index (χ1v) is 10.2. The Hall–Kier alpha value is -2.78. The number of nitrogens with zero attached hydrogens (tertiary/aromatic N) is 2. The zero-order chi connectivity index (χ0) is 19.2. The summed E-state index contributed by atoms with van der Waals surface area (Å²) in [5, 5.41) is 0. The molecule has 1 fully saturated rings. The summed E-state index contributed by atoms with van der Waals surface area (Å²) in [4.78, 5) is 4.98. The Morgan fingerprint density at radius 2 is 1.36 bits per heavy atom. The lowest BCUT2D eigenvalue weighted by Gasteiger charge is -2.36. The molecule has 0 saturated carbocycles. The Morgan fingerprint density at radius 1 is 0.714 bits per heavy atom. The van der Waals surface area contributed by atoms with E-state index >= 15 is 0 Å². The van der Waals surface area contributed by atoms with Gasteiger partial charge in [0.1, 0.15) is 5.75 Å². The molecule has 0 radical (unpaired) electrons. The van der Waals surface area contributed by atoms with E-state index in [1.54, 1.807) is 0 Å². The third-order valence-electron chi connectivity index (χ3n) is 5.35. The summed E-state index contributed by atoms with van der Waals surface area (Å²) in [5.41, 5.74) is 5.15. The van der Waals surface area contributed by atoms with Crippen LogP contribution >= 0.6 is 0 Å². The molecule has 0 N–H and O–H groups in total. The van der Waals surface area contributed by atoms with Crippen LogP contribution in [0.15, 0.2) is 78.9 Å². The standard InChI is InChI=1S/C25H28N2O/c1-2-28-25-11-7-6-10-24(25)27-18-16-26(17-19-27)20-21-12-14-23(15-13-21)22-8-4-3-5-9-22/h3-15H,2,16-20H2,1H3. The van der Waals surface area contributed by atoms with Gasteiger partial charge in [0.05, 0.1) is 12.3 Å². The molecule has 0 spiro atoms. The summed E-state index contributed by atoms with van der Waals surface area (Å²) in [6, 6.07) is 27.9. The highest BCUT2D eigenvalue weighted by Crippen LogP contribution is 2.29. The van der Waals surface area contributed by atoms with Gasteiger partial charge in [-0.3, -0.25) is 4.90 Å². The first-order chi connectivity index (χ1) is 13.8. The molecule has 1 aliphatic rings. The SMILES string of the molecule is CCOc1ccccc1N1CCN(Cc2ccc(-c3ccccc3)cc2)CC1. The second-order valence-electron chi connectivity index (χ2n) is 7.23. The van der Waals surface area contributed by atoms with Gasteiger partial charge in [0.25, 0.3) is 0 Å². The van der Waals surface area contributed by atoms with Crippen LogP contribution in [0.1, 0.15) is 12.5 Å². The Kier molecular flexibility index (Phi) is 5.93. The molecule has 28 heavy (non-hydrogen) atoms. The summed E-state index contributed by atoms with van der Waals surface area (Å²) in [7, 11) is 0. The van der Waals surface area contributed by atoms with Gasteiger partial charge in [-0.05, 0) is 35.7 Å². The van der Waals surface area contributed by atoms with Crippen LogP contribution in [0.3, 0.4) is 0 Å². The molecule has 3 nitrogen and oxygen atoms in total. The van der Waals surface area contributed by atoms with E-state index < -0.39 is 0 Å². The summed E-state index contributed by atoms with van der Waals surface area (Å²) in [5.74, 6) is 0.995. The number of hydrogen-bond acceptors (Lipinski definition) is 3. The molecule has 3 heteroatoms.